The van der Waals surface area contributed by atoms with Crippen LogP contribution >= 0.6 is 7.82 Å². The Balaban J connectivity index is 1.52. The predicted octanol–water partition coefficient (Wildman–Crippen LogP) is 3.11. The SMILES string of the molecule is CCCCCOC[C@@H]1COc2cc([C@H]3CC[C@@](N)(COP(=O)(O)O)C3)ccc2O1. The molecule has 8 nitrogen and oxygen atoms in total. The van der Waals surface area contributed by atoms with E-state index in [0.717, 1.165) is 25.0 Å². The van der Waals surface area contributed by atoms with E-state index < -0.39 is 13.4 Å². The molecule has 2 aliphatic rings. The van der Waals surface area contributed by atoms with E-state index in [-0.39, 0.29) is 18.6 Å². The minimum absolute atomic E-state index is 0.108. The number of ether oxygens (including phenoxy) is 3. The highest BCUT2D eigenvalue weighted by atomic mass is 31.2. The lowest BCUT2D eigenvalue weighted by Gasteiger charge is -2.27. The zero-order valence-corrected chi connectivity index (χ0v) is 17.8. The summed E-state index contributed by atoms with van der Waals surface area (Å²) in [7, 11) is -4.52. The van der Waals surface area contributed by atoms with E-state index in [1.54, 1.807) is 0 Å². The lowest BCUT2D eigenvalue weighted by Crippen LogP contribution is -2.41. The molecule has 1 aromatic rings. The first-order valence-corrected chi connectivity index (χ1v) is 11.8. The Bertz CT molecular complexity index is 725. The number of fused-ring (bicyclic) bond motifs is 1. The second kappa shape index (κ2) is 9.77. The number of rotatable bonds is 10. The van der Waals surface area contributed by atoms with Crippen molar-refractivity contribution in [1.29, 1.82) is 0 Å². The van der Waals surface area contributed by atoms with Crippen molar-refractivity contribution in [2.45, 2.75) is 63.0 Å². The number of hydrogen-bond donors (Lipinski definition) is 3. The van der Waals surface area contributed by atoms with Crippen LogP contribution in [0.3, 0.4) is 0 Å². The van der Waals surface area contributed by atoms with Crippen LogP contribution in [0.4, 0.5) is 0 Å². The average Bonchev–Trinajstić information content (AvgIpc) is 3.08. The predicted molar refractivity (Wildman–Crippen MR) is 108 cm³/mol. The van der Waals surface area contributed by atoms with Gasteiger partial charge in [-0.25, -0.2) is 4.57 Å². The molecule has 0 spiro atoms. The molecule has 9 heteroatoms. The Morgan fingerprint density at radius 3 is 2.90 bits per heavy atom. The summed E-state index contributed by atoms with van der Waals surface area (Å²) in [6.45, 7) is 3.72. The lowest BCUT2D eigenvalue weighted by atomic mass is 9.93. The number of nitrogens with two attached hydrogens (primary N) is 1. The molecule has 3 rings (SSSR count). The Morgan fingerprint density at radius 2 is 2.14 bits per heavy atom. The van der Waals surface area contributed by atoms with Gasteiger partial charge in [0.2, 0.25) is 0 Å². The molecule has 1 aromatic carbocycles. The maximum atomic E-state index is 11.0. The van der Waals surface area contributed by atoms with Crippen molar-refractivity contribution >= 4 is 7.82 Å². The third kappa shape index (κ3) is 6.67. The van der Waals surface area contributed by atoms with Crippen LogP contribution in [0.2, 0.25) is 0 Å². The molecule has 1 fully saturated rings. The molecule has 1 heterocycles. The molecule has 0 unspecified atom stereocenters. The molecular formula is C20H32NO7P. The van der Waals surface area contributed by atoms with Gasteiger partial charge in [0.05, 0.1) is 13.2 Å². The number of unbranched alkanes of at least 4 members (excludes halogenated alkanes) is 2. The van der Waals surface area contributed by atoms with E-state index >= 15 is 0 Å². The van der Waals surface area contributed by atoms with Crippen molar-refractivity contribution in [2.75, 3.05) is 26.4 Å². The summed E-state index contributed by atoms with van der Waals surface area (Å²) in [6.07, 6.45) is 5.37. The topological polar surface area (TPSA) is 120 Å². The van der Waals surface area contributed by atoms with Gasteiger partial charge >= 0.3 is 7.82 Å². The fourth-order valence-electron chi connectivity index (χ4n) is 3.92. The summed E-state index contributed by atoms with van der Waals surface area (Å²) in [4.78, 5) is 17.8. The van der Waals surface area contributed by atoms with E-state index in [1.165, 1.54) is 12.8 Å². The monoisotopic (exact) mass is 429 g/mol. The molecule has 1 aliphatic heterocycles. The Morgan fingerprint density at radius 1 is 1.31 bits per heavy atom. The first kappa shape index (κ1) is 22.5. The van der Waals surface area contributed by atoms with E-state index in [1.807, 2.05) is 18.2 Å². The van der Waals surface area contributed by atoms with Gasteiger partial charge in [-0.2, -0.15) is 0 Å². The largest absolute Gasteiger partial charge is 0.486 e. The molecule has 29 heavy (non-hydrogen) atoms. The van der Waals surface area contributed by atoms with E-state index in [2.05, 4.69) is 11.4 Å². The van der Waals surface area contributed by atoms with Crippen molar-refractivity contribution < 1.29 is 33.1 Å². The van der Waals surface area contributed by atoms with Gasteiger partial charge < -0.3 is 29.7 Å². The van der Waals surface area contributed by atoms with Gasteiger partial charge in [0.1, 0.15) is 6.61 Å². The van der Waals surface area contributed by atoms with E-state index in [4.69, 9.17) is 29.7 Å². The van der Waals surface area contributed by atoms with Gasteiger partial charge in [0.15, 0.2) is 17.6 Å². The zero-order chi connectivity index (χ0) is 20.9. The quantitative estimate of drug-likeness (QED) is 0.383. The Labute approximate surface area is 171 Å². The maximum Gasteiger partial charge on any atom is 0.469 e. The van der Waals surface area contributed by atoms with Gasteiger partial charge in [0, 0.05) is 12.1 Å². The summed E-state index contributed by atoms with van der Waals surface area (Å²) in [5, 5.41) is 0. The fraction of sp³-hybridized carbons (Fsp3) is 0.700. The molecule has 0 aromatic heterocycles. The highest BCUT2D eigenvalue weighted by Crippen LogP contribution is 2.45. The van der Waals surface area contributed by atoms with Crippen LogP contribution in [0.15, 0.2) is 18.2 Å². The summed E-state index contributed by atoms with van der Waals surface area (Å²) >= 11 is 0. The molecule has 0 bridgehead atoms. The van der Waals surface area contributed by atoms with Crippen LogP contribution in [0, 0.1) is 0 Å². The third-order valence-corrected chi connectivity index (χ3v) is 5.98. The van der Waals surface area contributed by atoms with Gasteiger partial charge in [0.25, 0.3) is 0 Å². The number of hydrogen-bond acceptors (Lipinski definition) is 6. The molecule has 3 atom stereocenters. The van der Waals surface area contributed by atoms with Gasteiger partial charge in [-0.1, -0.05) is 25.8 Å². The minimum Gasteiger partial charge on any atom is -0.486 e. The summed E-state index contributed by atoms with van der Waals surface area (Å²) in [5.74, 6) is 1.61. The van der Waals surface area contributed by atoms with Crippen molar-refractivity contribution in [2.24, 2.45) is 5.73 Å². The fourth-order valence-corrected chi connectivity index (χ4v) is 4.35. The van der Waals surface area contributed by atoms with Crippen molar-refractivity contribution in [1.82, 2.24) is 0 Å². The van der Waals surface area contributed by atoms with Crippen LogP contribution in [0.1, 0.15) is 56.9 Å². The number of benzene rings is 1. The summed E-state index contributed by atoms with van der Waals surface area (Å²) < 4.78 is 33.2. The standard InChI is InChI=1S/C20H32NO7P/c1-2-3-4-9-25-12-17-13-26-19-10-15(5-6-18(19)28-17)16-7-8-20(21,11-16)14-27-29(22,23)24/h5-6,10,16-17H,2-4,7-9,11-14,21H2,1H3,(H2,22,23,24)/t16-,17+,20-/m0/s1. The molecule has 4 N–H and O–H groups in total. The zero-order valence-electron chi connectivity index (χ0n) is 16.9. The summed E-state index contributed by atoms with van der Waals surface area (Å²) in [5.41, 5.74) is 6.64. The first-order chi connectivity index (χ1) is 13.8. The molecule has 0 amide bonds. The van der Waals surface area contributed by atoms with Crippen molar-refractivity contribution in [3.63, 3.8) is 0 Å². The molecule has 1 aliphatic carbocycles. The van der Waals surface area contributed by atoms with Gasteiger partial charge in [-0.15, -0.1) is 0 Å². The van der Waals surface area contributed by atoms with Gasteiger partial charge in [-0.05, 0) is 49.3 Å². The maximum absolute atomic E-state index is 11.0. The smallest absolute Gasteiger partial charge is 0.469 e. The van der Waals surface area contributed by atoms with Crippen molar-refractivity contribution in [3.05, 3.63) is 23.8 Å². The van der Waals surface area contributed by atoms with E-state index in [9.17, 15) is 4.57 Å². The molecule has 1 saturated carbocycles. The van der Waals surface area contributed by atoms with Gasteiger partial charge in [-0.3, -0.25) is 4.52 Å². The normalized spacial score (nSPS) is 26.6. The second-order valence-corrected chi connectivity index (χ2v) is 9.34. The Kier molecular flexibility index (Phi) is 7.59. The van der Waals surface area contributed by atoms with Crippen LogP contribution in [0.5, 0.6) is 11.5 Å². The van der Waals surface area contributed by atoms with Crippen LogP contribution in [-0.4, -0.2) is 47.9 Å². The highest BCUT2D eigenvalue weighted by Gasteiger charge is 2.38. The third-order valence-electron chi connectivity index (χ3n) is 5.52. The number of phosphoric ester groups is 1. The molecular weight excluding hydrogens is 397 g/mol. The van der Waals surface area contributed by atoms with Crippen LogP contribution in [-0.2, 0) is 13.8 Å². The van der Waals surface area contributed by atoms with Crippen LogP contribution < -0.4 is 15.2 Å². The highest BCUT2D eigenvalue weighted by molar-refractivity contribution is 7.46. The molecule has 0 saturated heterocycles. The molecule has 0 radical (unpaired) electrons. The summed E-state index contributed by atoms with van der Waals surface area (Å²) in [6, 6.07) is 5.90. The number of phosphoric acid groups is 1. The average molecular weight is 429 g/mol. The minimum atomic E-state index is -4.52. The van der Waals surface area contributed by atoms with Crippen LogP contribution in [0.25, 0.3) is 0 Å². The second-order valence-electron chi connectivity index (χ2n) is 8.11. The Hall–Kier alpha value is -1.15. The lowest BCUT2D eigenvalue weighted by molar-refractivity contribution is 0.00780. The van der Waals surface area contributed by atoms with E-state index in [0.29, 0.717) is 37.6 Å². The molecule has 164 valence electrons. The first-order valence-electron chi connectivity index (χ1n) is 10.3. The van der Waals surface area contributed by atoms with Crippen molar-refractivity contribution in [3.8, 4) is 11.5 Å².